The molecule has 1 saturated heterocycles. The molecule has 0 N–H and O–H groups in total. The Morgan fingerprint density at radius 2 is 1.78 bits per heavy atom. The van der Waals surface area contributed by atoms with Gasteiger partial charge in [-0.15, -0.1) is 0 Å². The van der Waals surface area contributed by atoms with Gasteiger partial charge in [0.15, 0.2) is 0 Å². The molecule has 3 rings (SSSR count). The number of halogens is 2. The van der Waals surface area contributed by atoms with Crippen molar-refractivity contribution >= 4 is 33.5 Å². The molecule has 0 aliphatic carbocycles. The van der Waals surface area contributed by atoms with Crippen LogP contribution in [0.5, 0.6) is 5.75 Å². The number of rotatable bonds is 3. The maximum atomic E-state index is 13.0. The number of hydrogen-bond acceptors (Lipinski definition) is 3. The summed E-state index contributed by atoms with van der Waals surface area (Å²) < 4.78 is 19.2. The Balaban J connectivity index is 1.68. The molecule has 23 heavy (non-hydrogen) atoms. The Morgan fingerprint density at radius 1 is 1.13 bits per heavy atom. The van der Waals surface area contributed by atoms with Crippen LogP contribution in [0.2, 0.25) is 0 Å². The van der Waals surface area contributed by atoms with E-state index < -0.39 is 11.9 Å². The normalized spacial score (nSPS) is 17.4. The van der Waals surface area contributed by atoms with Crippen LogP contribution in [-0.2, 0) is 9.59 Å². The number of esters is 1. The van der Waals surface area contributed by atoms with E-state index >= 15 is 0 Å². The maximum absolute atomic E-state index is 13.0. The number of carbonyl (C=O) groups is 2. The van der Waals surface area contributed by atoms with Gasteiger partial charge < -0.3 is 9.64 Å². The molecule has 2 aromatic rings. The fraction of sp³-hybridized carbons (Fsp3) is 0.176. The molecule has 4 nitrogen and oxygen atoms in total. The monoisotopic (exact) mass is 377 g/mol. The fourth-order valence-electron chi connectivity index (χ4n) is 2.44. The van der Waals surface area contributed by atoms with Crippen LogP contribution in [0.15, 0.2) is 53.0 Å². The van der Waals surface area contributed by atoms with Crippen molar-refractivity contribution < 1.29 is 18.7 Å². The Bertz CT molecular complexity index is 731. The van der Waals surface area contributed by atoms with Gasteiger partial charge in [-0.3, -0.25) is 9.59 Å². The van der Waals surface area contributed by atoms with Gasteiger partial charge in [0.1, 0.15) is 11.6 Å². The van der Waals surface area contributed by atoms with Gasteiger partial charge in [0.2, 0.25) is 5.91 Å². The number of carbonyl (C=O) groups excluding carboxylic acids is 2. The second-order valence-corrected chi connectivity index (χ2v) is 6.17. The van der Waals surface area contributed by atoms with E-state index in [4.69, 9.17) is 4.74 Å². The quantitative estimate of drug-likeness (QED) is 0.606. The molecule has 0 radical (unpaired) electrons. The first kappa shape index (κ1) is 15.7. The van der Waals surface area contributed by atoms with Gasteiger partial charge in [-0.2, -0.15) is 0 Å². The van der Waals surface area contributed by atoms with E-state index in [-0.39, 0.29) is 24.7 Å². The van der Waals surface area contributed by atoms with E-state index in [1.807, 2.05) is 0 Å². The molecule has 2 aromatic carbocycles. The third-order valence-corrected chi connectivity index (χ3v) is 4.16. The molecule has 0 aromatic heterocycles. The third kappa shape index (κ3) is 3.59. The Labute approximate surface area is 141 Å². The van der Waals surface area contributed by atoms with E-state index in [1.165, 1.54) is 29.2 Å². The van der Waals surface area contributed by atoms with E-state index in [2.05, 4.69) is 15.9 Å². The predicted octanol–water partition coefficient (Wildman–Crippen LogP) is 3.55. The summed E-state index contributed by atoms with van der Waals surface area (Å²) in [5.41, 5.74) is 0.579. The molecule has 0 bridgehead atoms. The van der Waals surface area contributed by atoms with Crippen molar-refractivity contribution in [2.45, 2.75) is 6.42 Å². The van der Waals surface area contributed by atoms with Crippen molar-refractivity contribution in [3.63, 3.8) is 0 Å². The van der Waals surface area contributed by atoms with Crippen LogP contribution in [0.3, 0.4) is 0 Å². The SMILES string of the molecule is O=C(Oc1ccc(Br)cc1)[C@H]1CC(=O)N(c2ccc(F)cc2)C1. The van der Waals surface area contributed by atoms with Crippen LogP contribution in [0.4, 0.5) is 10.1 Å². The average Bonchev–Trinajstić information content (AvgIpc) is 2.92. The van der Waals surface area contributed by atoms with Crippen molar-refractivity contribution in [3.8, 4) is 5.75 Å². The van der Waals surface area contributed by atoms with Crippen LogP contribution in [0.25, 0.3) is 0 Å². The van der Waals surface area contributed by atoms with Crippen LogP contribution >= 0.6 is 15.9 Å². The highest BCUT2D eigenvalue weighted by Crippen LogP contribution is 2.27. The number of anilines is 1. The minimum absolute atomic E-state index is 0.0900. The van der Waals surface area contributed by atoms with Gasteiger partial charge in [0.05, 0.1) is 5.92 Å². The summed E-state index contributed by atoms with van der Waals surface area (Å²) >= 11 is 3.31. The summed E-state index contributed by atoms with van der Waals surface area (Å²) in [4.78, 5) is 25.8. The summed E-state index contributed by atoms with van der Waals surface area (Å²) in [7, 11) is 0. The van der Waals surface area contributed by atoms with E-state index in [9.17, 15) is 14.0 Å². The molecule has 1 amide bonds. The molecule has 118 valence electrons. The summed E-state index contributed by atoms with van der Waals surface area (Å²) in [6, 6.07) is 12.5. The van der Waals surface area contributed by atoms with E-state index in [0.29, 0.717) is 11.4 Å². The highest BCUT2D eigenvalue weighted by atomic mass is 79.9. The standard InChI is InChI=1S/C17H13BrFNO3/c18-12-1-7-15(8-2-12)23-17(22)11-9-16(21)20(10-11)14-5-3-13(19)4-6-14/h1-8,11H,9-10H2/t11-/m0/s1. The lowest BCUT2D eigenvalue weighted by atomic mass is 10.1. The lowest BCUT2D eigenvalue weighted by Crippen LogP contribution is -2.27. The maximum Gasteiger partial charge on any atom is 0.316 e. The molecular formula is C17H13BrFNO3. The fourth-order valence-corrected chi connectivity index (χ4v) is 2.70. The van der Waals surface area contributed by atoms with Crippen LogP contribution < -0.4 is 9.64 Å². The minimum Gasteiger partial charge on any atom is -0.426 e. The number of benzene rings is 2. The molecule has 1 fully saturated rings. The summed E-state index contributed by atoms with van der Waals surface area (Å²) in [6.07, 6.45) is 0.0900. The second-order valence-electron chi connectivity index (χ2n) is 5.26. The zero-order valence-electron chi connectivity index (χ0n) is 12.0. The van der Waals surface area contributed by atoms with Gasteiger partial charge in [0.25, 0.3) is 0 Å². The first-order chi connectivity index (χ1) is 11.0. The molecule has 0 spiro atoms. The van der Waals surface area contributed by atoms with Gasteiger partial charge in [-0.1, -0.05) is 15.9 Å². The number of hydrogen-bond donors (Lipinski definition) is 0. The highest BCUT2D eigenvalue weighted by Gasteiger charge is 2.36. The van der Waals surface area contributed by atoms with E-state index in [0.717, 1.165) is 4.47 Å². The van der Waals surface area contributed by atoms with Gasteiger partial charge in [-0.05, 0) is 48.5 Å². The van der Waals surface area contributed by atoms with Crippen molar-refractivity contribution in [2.24, 2.45) is 5.92 Å². The Kier molecular flexibility index (Phi) is 4.43. The number of amides is 1. The first-order valence-electron chi connectivity index (χ1n) is 7.06. The highest BCUT2D eigenvalue weighted by molar-refractivity contribution is 9.10. The number of nitrogens with zero attached hydrogens (tertiary/aromatic N) is 1. The summed E-state index contributed by atoms with van der Waals surface area (Å²) in [6.45, 7) is 0.236. The van der Waals surface area contributed by atoms with Crippen molar-refractivity contribution in [2.75, 3.05) is 11.4 Å². The van der Waals surface area contributed by atoms with Gasteiger partial charge >= 0.3 is 5.97 Å². The zero-order valence-corrected chi connectivity index (χ0v) is 13.6. The topological polar surface area (TPSA) is 46.6 Å². The van der Waals surface area contributed by atoms with Gasteiger partial charge in [0, 0.05) is 23.1 Å². The zero-order chi connectivity index (χ0) is 16.4. The Hall–Kier alpha value is -2.21. The number of ether oxygens (including phenoxy) is 1. The molecular weight excluding hydrogens is 365 g/mol. The lowest BCUT2D eigenvalue weighted by Gasteiger charge is -2.16. The van der Waals surface area contributed by atoms with Crippen LogP contribution in [0, 0.1) is 11.7 Å². The lowest BCUT2D eigenvalue weighted by molar-refractivity contribution is -0.139. The molecule has 1 atom stereocenters. The minimum atomic E-state index is -0.531. The smallest absolute Gasteiger partial charge is 0.316 e. The van der Waals surface area contributed by atoms with Gasteiger partial charge in [-0.25, -0.2) is 4.39 Å². The second kappa shape index (κ2) is 6.50. The molecule has 0 saturated carbocycles. The molecule has 0 unspecified atom stereocenters. The third-order valence-electron chi connectivity index (χ3n) is 3.63. The Morgan fingerprint density at radius 3 is 2.43 bits per heavy atom. The first-order valence-corrected chi connectivity index (χ1v) is 7.85. The van der Waals surface area contributed by atoms with Crippen molar-refractivity contribution in [3.05, 3.63) is 58.8 Å². The molecule has 1 aliphatic rings. The average molecular weight is 378 g/mol. The van der Waals surface area contributed by atoms with Crippen LogP contribution in [-0.4, -0.2) is 18.4 Å². The van der Waals surface area contributed by atoms with Crippen molar-refractivity contribution in [1.29, 1.82) is 0 Å². The molecule has 1 aliphatic heterocycles. The van der Waals surface area contributed by atoms with E-state index in [1.54, 1.807) is 24.3 Å². The molecule has 6 heteroatoms. The molecule has 1 heterocycles. The van der Waals surface area contributed by atoms with Crippen molar-refractivity contribution in [1.82, 2.24) is 0 Å². The van der Waals surface area contributed by atoms with Crippen LogP contribution in [0.1, 0.15) is 6.42 Å². The largest absolute Gasteiger partial charge is 0.426 e. The summed E-state index contributed by atoms with van der Waals surface area (Å²) in [5, 5.41) is 0. The summed E-state index contributed by atoms with van der Waals surface area (Å²) in [5.74, 6) is -1.08. The predicted molar refractivity (Wildman–Crippen MR) is 86.6 cm³/mol.